The molecule has 7 heteroatoms. The van der Waals surface area contributed by atoms with Crippen molar-refractivity contribution in [3.8, 4) is 5.69 Å². The molecule has 0 radical (unpaired) electrons. The molecule has 1 unspecified atom stereocenters. The summed E-state index contributed by atoms with van der Waals surface area (Å²) in [6.45, 7) is 5.43. The van der Waals surface area contributed by atoms with Gasteiger partial charge in [-0.2, -0.15) is 5.10 Å². The Labute approximate surface area is 165 Å². The number of rotatable bonds is 7. The van der Waals surface area contributed by atoms with Crippen LogP contribution in [-0.4, -0.2) is 38.9 Å². The van der Waals surface area contributed by atoms with Crippen LogP contribution in [0.4, 0.5) is 0 Å². The molecule has 0 spiro atoms. The van der Waals surface area contributed by atoms with E-state index >= 15 is 0 Å². The highest BCUT2D eigenvalue weighted by atomic mass is 16.3. The van der Waals surface area contributed by atoms with Gasteiger partial charge in [0.05, 0.1) is 18.8 Å². The van der Waals surface area contributed by atoms with Crippen LogP contribution >= 0.6 is 0 Å². The Morgan fingerprint density at radius 3 is 2.50 bits per heavy atom. The van der Waals surface area contributed by atoms with E-state index in [2.05, 4.69) is 25.7 Å². The zero-order valence-corrected chi connectivity index (χ0v) is 16.2. The normalized spacial score (nSPS) is 13.8. The van der Waals surface area contributed by atoms with Gasteiger partial charge < -0.3 is 15.7 Å². The number of aromatic nitrogens is 3. The molecule has 146 valence electrons. The maximum Gasteiger partial charge on any atom is 0.191 e. The summed E-state index contributed by atoms with van der Waals surface area (Å²) in [5, 5.41) is 21.3. The van der Waals surface area contributed by atoms with Crippen molar-refractivity contribution in [3.05, 3.63) is 78.4 Å². The van der Waals surface area contributed by atoms with E-state index in [0.717, 1.165) is 23.4 Å². The molecular weight excluding hydrogens is 352 g/mol. The summed E-state index contributed by atoms with van der Waals surface area (Å²) in [5.41, 5.74) is 1.91. The Hall–Kier alpha value is -3.19. The number of benzene rings is 2. The molecule has 1 aromatic heterocycles. The summed E-state index contributed by atoms with van der Waals surface area (Å²) in [7, 11) is 0. The first-order chi connectivity index (χ1) is 13.6. The first kappa shape index (κ1) is 19.6. The lowest BCUT2D eigenvalue weighted by Crippen LogP contribution is -2.44. The van der Waals surface area contributed by atoms with E-state index in [1.807, 2.05) is 61.5 Å². The summed E-state index contributed by atoms with van der Waals surface area (Å²) >= 11 is 0. The van der Waals surface area contributed by atoms with Crippen LogP contribution in [0.15, 0.2) is 72.2 Å². The molecular formula is C21H26N6O. The Morgan fingerprint density at radius 1 is 1.11 bits per heavy atom. The maximum atomic E-state index is 10.8. The second kappa shape index (κ2) is 9.14. The van der Waals surface area contributed by atoms with Gasteiger partial charge in [-0.15, -0.1) is 0 Å². The van der Waals surface area contributed by atoms with Gasteiger partial charge in [-0.3, -0.25) is 0 Å². The van der Waals surface area contributed by atoms with Gasteiger partial charge in [-0.05, 0) is 37.1 Å². The zero-order valence-electron chi connectivity index (χ0n) is 16.2. The smallest absolute Gasteiger partial charge is 0.191 e. The quantitative estimate of drug-likeness (QED) is 0.433. The fourth-order valence-corrected chi connectivity index (χ4v) is 2.76. The topological polar surface area (TPSA) is 87.4 Å². The van der Waals surface area contributed by atoms with Gasteiger partial charge in [0, 0.05) is 6.54 Å². The lowest BCUT2D eigenvalue weighted by Gasteiger charge is -2.25. The second-order valence-electron chi connectivity index (χ2n) is 6.70. The van der Waals surface area contributed by atoms with Gasteiger partial charge in [0.15, 0.2) is 5.96 Å². The average molecular weight is 378 g/mol. The first-order valence-electron chi connectivity index (χ1n) is 9.32. The largest absolute Gasteiger partial charge is 0.384 e. The van der Waals surface area contributed by atoms with Crippen molar-refractivity contribution < 1.29 is 5.11 Å². The molecule has 1 heterocycles. The molecule has 0 amide bonds. The summed E-state index contributed by atoms with van der Waals surface area (Å²) in [6.07, 6.45) is 3.18. The maximum absolute atomic E-state index is 10.8. The SMILES string of the molecule is CCNC(=NCc1ccc(-n2cncn2)cc1)NCC(C)(O)c1ccccc1. The van der Waals surface area contributed by atoms with E-state index in [1.54, 1.807) is 17.9 Å². The Kier molecular flexibility index (Phi) is 6.39. The van der Waals surface area contributed by atoms with E-state index in [9.17, 15) is 5.11 Å². The van der Waals surface area contributed by atoms with Crippen molar-refractivity contribution in [3.63, 3.8) is 0 Å². The fraction of sp³-hybridized carbons (Fsp3) is 0.286. The Morgan fingerprint density at radius 2 is 1.86 bits per heavy atom. The third-order valence-corrected chi connectivity index (χ3v) is 4.38. The minimum absolute atomic E-state index is 0.355. The molecule has 0 fully saturated rings. The molecule has 28 heavy (non-hydrogen) atoms. The lowest BCUT2D eigenvalue weighted by atomic mass is 9.96. The van der Waals surface area contributed by atoms with E-state index in [-0.39, 0.29) is 0 Å². The summed E-state index contributed by atoms with van der Waals surface area (Å²) < 4.78 is 1.71. The predicted octanol–water partition coefficient (Wildman–Crippen LogP) is 2.23. The molecule has 7 nitrogen and oxygen atoms in total. The van der Waals surface area contributed by atoms with E-state index in [4.69, 9.17) is 0 Å². The van der Waals surface area contributed by atoms with Crippen molar-refractivity contribution >= 4 is 5.96 Å². The molecule has 0 saturated carbocycles. The second-order valence-corrected chi connectivity index (χ2v) is 6.70. The molecule has 0 saturated heterocycles. The lowest BCUT2D eigenvalue weighted by molar-refractivity contribution is 0.0617. The van der Waals surface area contributed by atoms with Crippen molar-refractivity contribution in [2.75, 3.05) is 13.1 Å². The number of hydrogen-bond donors (Lipinski definition) is 3. The van der Waals surface area contributed by atoms with Crippen LogP contribution in [0.3, 0.4) is 0 Å². The van der Waals surface area contributed by atoms with Crippen molar-refractivity contribution in [1.82, 2.24) is 25.4 Å². The molecule has 3 N–H and O–H groups in total. The van der Waals surface area contributed by atoms with Crippen LogP contribution in [0.2, 0.25) is 0 Å². The monoisotopic (exact) mass is 378 g/mol. The number of aliphatic hydroxyl groups is 1. The van der Waals surface area contributed by atoms with Gasteiger partial charge in [-0.25, -0.2) is 14.7 Å². The highest BCUT2D eigenvalue weighted by Gasteiger charge is 2.22. The molecule has 0 bridgehead atoms. The van der Waals surface area contributed by atoms with Crippen LogP contribution in [0.25, 0.3) is 5.69 Å². The zero-order chi connectivity index (χ0) is 19.8. The predicted molar refractivity (Wildman–Crippen MR) is 110 cm³/mol. The van der Waals surface area contributed by atoms with E-state index < -0.39 is 5.60 Å². The molecule has 0 aliphatic heterocycles. The molecule has 0 aliphatic carbocycles. The Balaban J connectivity index is 1.62. The fourth-order valence-electron chi connectivity index (χ4n) is 2.76. The number of aliphatic imine (C=N–C) groups is 1. The molecule has 1 atom stereocenters. The van der Waals surface area contributed by atoms with E-state index in [0.29, 0.717) is 19.0 Å². The third kappa shape index (κ3) is 5.17. The number of nitrogens with zero attached hydrogens (tertiary/aromatic N) is 4. The third-order valence-electron chi connectivity index (χ3n) is 4.38. The standard InChI is InChI=1S/C21H26N6O/c1-3-23-20(25-14-21(2,28)18-7-5-4-6-8-18)24-13-17-9-11-19(12-10-17)27-16-22-15-26-27/h4-12,15-16,28H,3,13-14H2,1-2H3,(H2,23,24,25). The highest BCUT2D eigenvalue weighted by molar-refractivity contribution is 5.79. The van der Waals surface area contributed by atoms with Gasteiger partial charge in [0.1, 0.15) is 18.3 Å². The first-order valence-corrected chi connectivity index (χ1v) is 9.32. The average Bonchev–Trinajstić information content (AvgIpc) is 3.26. The van der Waals surface area contributed by atoms with Crippen molar-refractivity contribution in [2.24, 2.45) is 4.99 Å². The van der Waals surface area contributed by atoms with Gasteiger partial charge in [0.25, 0.3) is 0 Å². The van der Waals surface area contributed by atoms with Crippen molar-refractivity contribution in [2.45, 2.75) is 26.0 Å². The molecule has 3 rings (SSSR count). The van der Waals surface area contributed by atoms with Crippen LogP contribution < -0.4 is 10.6 Å². The van der Waals surface area contributed by atoms with Gasteiger partial charge in [-0.1, -0.05) is 42.5 Å². The highest BCUT2D eigenvalue weighted by Crippen LogP contribution is 2.18. The minimum Gasteiger partial charge on any atom is -0.384 e. The minimum atomic E-state index is -0.989. The Bertz CT molecular complexity index is 873. The summed E-state index contributed by atoms with van der Waals surface area (Å²) in [4.78, 5) is 8.58. The van der Waals surface area contributed by atoms with Crippen LogP contribution in [-0.2, 0) is 12.1 Å². The molecule has 3 aromatic rings. The van der Waals surface area contributed by atoms with Crippen LogP contribution in [0.1, 0.15) is 25.0 Å². The van der Waals surface area contributed by atoms with Crippen LogP contribution in [0.5, 0.6) is 0 Å². The molecule has 2 aromatic carbocycles. The number of guanidine groups is 1. The number of hydrogen-bond acceptors (Lipinski definition) is 4. The van der Waals surface area contributed by atoms with Crippen molar-refractivity contribution in [1.29, 1.82) is 0 Å². The summed E-state index contributed by atoms with van der Waals surface area (Å²) in [6, 6.07) is 17.6. The summed E-state index contributed by atoms with van der Waals surface area (Å²) in [5.74, 6) is 0.666. The van der Waals surface area contributed by atoms with Crippen LogP contribution in [0, 0.1) is 0 Å². The number of nitrogens with one attached hydrogen (secondary N) is 2. The van der Waals surface area contributed by atoms with E-state index in [1.165, 1.54) is 6.33 Å². The van der Waals surface area contributed by atoms with Gasteiger partial charge >= 0.3 is 0 Å². The molecule has 0 aliphatic rings. The van der Waals surface area contributed by atoms with Gasteiger partial charge in [0.2, 0.25) is 0 Å².